The van der Waals surface area contributed by atoms with Crippen molar-refractivity contribution in [3.05, 3.63) is 41.7 Å². The molecule has 1 aliphatic rings. The first-order chi connectivity index (χ1) is 14.0. The normalized spacial score (nSPS) is 15.2. The van der Waals surface area contributed by atoms with Gasteiger partial charge in [0.15, 0.2) is 5.75 Å². The average Bonchev–Trinajstić information content (AvgIpc) is 2.66. The number of rotatable bonds is 5. The van der Waals surface area contributed by atoms with Crippen molar-refractivity contribution < 1.29 is 22.3 Å². The van der Waals surface area contributed by atoms with E-state index in [1.165, 1.54) is 13.2 Å². The van der Waals surface area contributed by atoms with Crippen LogP contribution in [0, 0.1) is 11.9 Å². The van der Waals surface area contributed by atoms with Crippen LogP contribution in [0.1, 0.15) is 26.3 Å². The number of hydrogen-bond donors (Lipinski definition) is 1. The van der Waals surface area contributed by atoms with E-state index in [-0.39, 0.29) is 22.4 Å². The van der Waals surface area contributed by atoms with Gasteiger partial charge in [0.05, 0.1) is 32.3 Å². The van der Waals surface area contributed by atoms with Crippen molar-refractivity contribution in [2.45, 2.75) is 26.2 Å². The molecule has 1 N–H and O–H groups in total. The zero-order valence-corrected chi connectivity index (χ0v) is 18.8. The van der Waals surface area contributed by atoms with Crippen LogP contribution in [0.5, 0.6) is 5.75 Å². The highest BCUT2D eigenvalue weighted by Gasteiger charge is 2.24. The van der Waals surface area contributed by atoms with Crippen LogP contribution in [0.2, 0.25) is 0 Å². The standard InChI is InChI=1S/C22H28FN2O4S/c1-22(2,3)15-12-18(21(28-4)20(13-15)24-30(5,26)27)17-7-6-16(14-19(17)23)25-8-10-29-11-9-25/h6,12-14,24H,8-11H2,1-5H3. The predicted octanol–water partition coefficient (Wildman–Crippen LogP) is 3.81. The van der Waals surface area contributed by atoms with Gasteiger partial charge in [-0.3, -0.25) is 4.72 Å². The second-order valence-corrected chi connectivity index (χ2v) is 10.2. The number of sulfonamides is 1. The summed E-state index contributed by atoms with van der Waals surface area (Å²) in [7, 11) is -2.12. The Labute approximate surface area is 178 Å². The van der Waals surface area contributed by atoms with Crippen molar-refractivity contribution >= 4 is 21.4 Å². The minimum atomic E-state index is -3.55. The second kappa shape index (κ2) is 8.43. The molecule has 2 aromatic carbocycles. The van der Waals surface area contributed by atoms with Gasteiger partial charge in [-0.2, -0.15) is 0 Å². The second-order valence-electron chi connectivity index (χ2n) is 8.41. The van der Waals surface area contributed by atoms with Crippen molar-refractivity contribution in [3.8, 4) is 16.9 Å². The summed E-state index contributed by atoms with van der Waals surface area (Å²) in [5, 5.41) is 0. The molecule has 1 heterocycles. The first kappa shape index (κ1) is 22.4. The molecular formula is C22H28FN2O4S. The summed E-state index contributed by atoms with van der Waals surface area (Å²) >= 11 is 0. The number of hydrogen-bond acceptors (Lipinski definition) is 5. The lowest BCUT2D eigenvalue weighted by Crippen LogP contribution is -2.36. The highest BCUT2D eigenvalue weighted by atomic mass is 32.2. The number of morpholine rings is 1. The number of benzene rings is 2. The molecule has 30 heavy (non-hydrogen) atoms. The highest BCUT2D eigenvalue weighted by molar-refractivity contribution is 7.92. The van der Waals surface area contributed by atoms with Gasteiger partial charge < -0.3 is 14.4 Å². The van der Waals surface area contributed by atoms with Crippen molar-refractivity contribution in [3.63, 3.8) is 0 Å². The summed E-state index contributed by atoms with van der Waals surface area (Å²) in [6.07, 6.45) is 1.07. The van der Waals surface area contributed by atoms with E-state index < -0.39 is 15.8 Å². The van der Waals surface area contributed by atoms with E-state index in [4.69, 9.17) is 9.47 Å². The Morgan fingerprint density at radius 1 is 1.20 bits per heavy atom. The summed E-state index contributed by atoms with van der Waals surface area (Å²) in [4.78, 5) is 2.05. The molecule has 3 rings (SSSR count). The summed E-state index contributed by atoms with van der Waals surface area (Å²) in [6.45, 7) is 8.60. The Morgan fingerprint density at radius 3 is 2.40 bits per heavy atom. The fraction of sp³-hybridized carbons (Fsp3) is 0.455. The van der Waals surface area contributed by atoms with Crippen LogP contribution < -0.4 is 14.4 Å². The molecule has 0 aliphatic carbocycles. The van der Waals surface area contributed by atoms with Crippen LogP contribution in [0.15, 0.2) is 24.3 Å². The first-order valence-corrected chi connectivity index (χ1v) is 11.6. The van der Waals surface area contributed by atoms with Gasteiger partial charge in [0.25, 0.3) is 0 Å². The van der Waals surface area contributed by atoms with Crippen LogP contribution in [0.3, 0.4) is 0 Å². The molecule has 1 fully saturated rings. The fourth-order valence-corrected chi connectivity index (χ4v) is 3.96. The maximum absolute atomic E-state index is 15.2. The maximum Gasteiger partial charge on any atom is 0.229 e. The molecule has 1 saturated heterocycles. The number of nitrogens with one attached hydrogen (secondary N) is 1. The Bertz CT molecular complexity index is 1030. The van der Waals surface area contributed by atoms with Crippen LogP contribution in [-0.4, -0.2) is 48.1 Å². The molecular weight excluding hydrogens is 407 g/mol. The Kier molecular flexibility index (Phi) is 6.29. The molecule has 2 aromatic rings. The molecule has 0 saturated carbocycles. The zero-order chi connectivity index (χ0) is 22.1. The van der Waals surface area contributed by atoms with Crippen LogP contribution in [-0.2, 0) is 20.2 Å². The maximum atomic E-state index is 15.2. The molecule has 0 unspecified atom stereocenters. The molecule has 6 nitrogen and oxygen atoms in total. The van der Waals surface area contributed by atoms with Crippen molar-refractivity contribution in [2.24, 2.45) is 0 Å². The monoisotopic (exact) mass is 435 g/mol. The third-order valence-corrected chi connectivity index (χ3v) is 5.57. The van der Waals surface area contributed by atoms with Crippen molar-refractivity contribution in [1.82, 2.24) is 0 Å². The van der Waals surface area contributed by atoms with E-state index in [0.717, 1.165) is 17.5 Å². The Hall–Kier alpha value is -2.32. The van der Waals surface area contributed by atoms with Gasteiger partial charge >= 0.3 is 0 Å². The topological polar surface area (TPSA) is 67.9 Å². The third kappa shape index (κ3) is 5.05. The van der Waals surface area contributed by atoms with E-state index in [2.05, 4.69) is 10.8 Å². The van der Waals surface area contributed by atoms with Gasteiger partial charge in [-0.1, -0.05) is 20.8 Å². The summed E-state index contributed by atoms with van der Waals surface area (Å²) in [5.41, 5.74) is 2.23. The third-order valence-electron chi connectivity index (χ3n) is 4.98. The predicted molar refractivity (Wildman–Crippen MR) is 117 cm³/mol. The zero-order valence-electron chi connectivity index (χ0n) is 18.0. The number of halogens is 1. The van der Waals surface area contributed by atoms with Gasteiger partial charge in [-0.05, 0) is 41.3 Å². The van der Waals surface area contributed by atoms with E-state index >= 15 is 4.39 Å². The van der Waals surface area contributed by atoms with Crippen LogP contribution in [0.25, 0.3) is 11.1 Å². The molecule has 8 heteroatoms. The largest absolute Gasteiger partial charge is 0.494 e. The molecule has 1 aliphatic heterocycles. The molecule has 0 aromatic heterocycles. The van der Waals surface area contributed by atoms with E-state index in [1.54, 1.807) is 12.1 Å². The van der Waals surface area contributed by atoms with Gasteiger partial charge in [-0.15, -0.1) is 0 Å². The molecule has 0 spiro atoms. The SMILES string of the molecule is COc1c(NS(C)(=O)=O)cc(C(C)(C)C)cc1-c1[c]cc(N2CCOCC2)cc1F. The number of nitrogens with zero attached hydrogens (tertiary/aromatic N) is 1. The summed E-state index contributed by atoms with van der Waals surface area (Å²) in [6, 6.07) is 9.83. The lowest BCUT2D eigenvalue weighted by molar-refractivity contribution is 0.122. The first-order valence-electron chi connectivity index (χ1n) is 9.74. The van der Waals surface area contributed by atoms with Gasteiger partial charge in [0.2, 0.25) is 10.0 Å². The minimum absolute atomic E-state index is 0.228. The fourth-order valence-electron chi connectivity index (χ4n) is 3.41. The molecule has 0 amide bonds. The van der Waals surface area contributed by atoms with Crippen molar-refractivity contribution in [1.29, 1.82) is 0 Å². The van der Waals surface area contributed by atoms with E-state index in [1.807, 2.05) is 31.7 Å². The number of anilines is 2. The average molecular weight is 436 g/mol. The summed E-state index contributed by atoms with van der Waals surface area (Å²) in [5.74, 6) is -0.198. The molecule has 163 valence electrons. The van der Waals surface area contributed by atoms with Crippen molar-refractivity contribution in [2.75, 3.05) is 49.3 Å². The summed E-state index contributed by atoms with van der Waals surface area (Å²) < 4.78 is 52.4. The molecule has 1 radical (unpaired) electrons. The molecule has 0 bridgehead atoms. The minimum Gasteiger partial charge on any atom is -0.494 e. The van der Waals surface area contributed by atoms with Gasteiger partial charge in [0, 0.05) is 29.9 Å². The quantitative estimate of drug-likeness (QED) is 0.774. The lowest BCUT2D eigenvalue weighted by Gasteiger charge is -2.29. The van der Waals surface area contributed by atoms with E-state index in [9.17, 15) is 8.42 Å². The smallest absolute Gasteiger partial charge is 0.229 e. The van der Waals surface area contributed by atoms with Gasteiger partial charge in [-0.25, -0.2) is 12.8 Å². The van der Waals surface area contributed by atoms with Crippen LogP contribution >= 0.6 is 0 Å². The lowest BCUT2D eigenvalue weighted by atomic mass is 9.84. The highest BCUT2D eigenvalue weighted by Crippen LogP contribution is 2.42. The molecule has 0 atom stereocenters. The van der Waals surface area contributed by atoms with E-state index in [0.29, 0.717) is 31.9 Å². The Balaban J connectivity index is 2.15. The Morgan fingerprint density at radius 2 is 1.87 bits per heavy atom. The number of methoxy groups -OCH3 is 1. The van der Waals surface area contributed by atoms with Gasteiger partial charge in [0.1, 0.15) is 5.82 Å². The van der Waals surface area contributed by atoms with Crippen LogP contribution in [0.4, 0.5) is 15.8 Å². The number of ether oxygens (including phenoxy) is 2.